The minimum atomic E-state index is -0.461. The van der Waals surface area contributed by atoms with Crippen LogP contribution in [-0.4, -0.2) is 19.0 Å². The number of urea groups is 1. The van der Waals surface area contributed by atoms with Gasteiger partial charge in [-0.05, 0) is 36.4 Å². The van der Waals surface area contributed by atoms with Crippen LogP contribution in [0, 0.1) is 5.82 Å². The van der Waals surface area contributed by atoms with E-state index < -0.39 is 11.8 Å². The third kappa shape index (κ3) is 4.83. The van der Waals surface area contributed by atoms with Gasteiger partial charge in [0.1, 0.15) is 11.6 Å². The van der Waals surface area contributed by atoms with Gasteiger partial charge in [0, 0.05) is 11.8 Å². The van der Waals surface area contributed by atoms with Crippen LogP contribution in [0.4, 0.5) is 25.6 Å². The van der Waals surface area contributed by atoms with E-state index in [0.717, 1.165) is 11.3 Å². The SMILES string of the molecule is COc1cc(F)ccc1NC(=O)c1ccc(NC(=O)Nc2ccccc2)s1. The molecule has 0 saturated heterocycles. The Morgan fingerprint density at radius 3 is 2.48 bits per heavy atom. The van der Waals surface area contributed by atoms with Crippen LogP contribution in [0.2, 0.25) is 0 Å². The standard InChI is InChI=1S/C19H16FN3O3S/c1-26-15-11-12(20)7-8-14(15)22-18(24)16-9-10-17(27-16)23-19(25)21-13-5-3-2-4-6-13/h2-11H,1H3,(H,22,24)(H2,21,23,25). The number of carbonyl (C=O) groups excluding carboxylic acids is 2. The third-order valence-corrected chi connectivity index (χ3v) is 4.51. The van der Waals surface area contributed by atoms with Crippen molar-refractivity contribution >= 4 is 39.7 Å². The third-order valence-electron chi connectivity index (χ3n) is 3.51. The summed E-state index contributed by atoms with van der Waals surface area (Å²) in [5, 5.41) is 8.54. The molecular formula is C19H16FN3O3S. The Morgan fingerprint density at radius 2 is 1.74 bits per heavy atom. The Labute approximate surface area is 159 Å². The van der Waals surface area contributed by atoms with Crippen LogP contribution in [0.25, 0.3) is 0 Å². The number of nitrogens with one attached hydrogen (secondary N) is 3. The van der Waals surface area contributed by atoms with Crippen molar-refractivity contribution in [3.05, 3.63) is 71.4 Å². The fraction of sp³-hybridized carbons (Fsp3) is 0.0526. The van der Waals surface area contributed by atoms with Crippen LogP contribution in [0.15, 0.2) is 60.7 Å². The summed E-state index contributed by atoms with van der Waals surface area (Å²) in [6, 6.07) is 15.7. The quantitative estimate of drug-likeness (QED) is 0.591. The first-order valence-corrected chi connectivity index (χ1v) is 8.74. The first-order chi connectivity index (χ1) is 13.0. The lowest BCUT2D eigenvalue weighted by Gasteiger charge is -2.09. The van der Waals surface area contributed by atoms with Crippen LogP contribution in [-0.2, 0) is 0 Å². The molecule has 0 atom stereocenters. The van der Waals surface area contributed by atoms with Crippen LogP contribution in [0.5, 0.6) is 5.75 Å². The van der Waals surface area contributed by atoms with Gasteiger partial charge in [0.2, 0.25) is 0 Å². The van der Waals surface area contributed by atoms with Crippen molar-refractivity contribution in [2.45, 2.75) is 0 Å². The van der Waals surface area contributed by atoms with Gasteiger partial charge in [-0.1, -0.05) is 18.2 Å². The second-order valence-corrected chi connectivity index (χ2v) is 6.49. The minimum Gasteiger partial charge on any atom is -0.494 e. The molecule has 3 aromatic rings. The highest BCUT2D eigenvalue weighted by Crippen LogP contribution is 2.27. The van der Waals surface area contributed by atoms with Gasteiger partial charge in [0.25, 0.3) is 5.91 Å². The molecule has 0 spiro atoms. The second kappa shape index (κ2) is 8.33. The number of anilines is 3. The van der Waals surface area contributed by atoms with Gasteiger partial charge in [-0.3, -0.25) is 10.1 Å². The van der Waals surface area contributed by atoms with Crippen LogP contribution in [0.3, 0.4) is 0 Å². The first kappa shape index (κ1) is 18.4. The predicted octanol–water partition coefficient (Wildman–Crippen LogP) is 4.79. The predicted molar refractivity (Wildman–Crippen MR) is 104 cm³/mol. The molecule has 1 heterocycles. The normalized spacial score (nSPS) is 10.1. The molecule has 0 fully saturated rings. The molecule has 3 amide bonds. The molecule has 2 aromatic carbocycles. The number of methoxy groups -OCH3 is 1. The lowest BCUT2D eigenvalue weighted by Crippen LogP contribution is -2.18. The molecule has 0 aliphatic carbocycles. The lowest BCUT2D eigenvalue weighted by molar-refractivity contribution is 0.103. The Kier molecular flexibility index (Phi) is 5.68. The van der Waals surface area contributed by atoms with E-state index in [4.69, 9.17) is 4.74 Å². The van der Waals surface area contributed by atoms with Gasteiger partial charge >= 0.3 is 6.03 Å². The van der Waals surface area contributed by atoms with Crippen LogP contribution < -0.4 is 20.7 Å². The number of benzene rings is 2. The summed E-state index contributed by atoms with van der Waals surface area (Å²) in [4.78, 5) is 24.8. The maximum absolute atomic E-state index is 13.2. The smallest absolute Gasteiger partial charge is 0.324 e. The summed E-state index contributed by atoms with van der Waals surface area (Å²) >= 11 is 1.12. The average Bonchev–Trinajstić information content (AvgIpc) is 3.12. The Balaban J connectivity index is 1.63. The van der Waals surface area contributed by atoms with Crippen molar-refractivity contribution in [1.29, 1.82) is 0 Å². The number of halogens is 1. The molecule has 0 bridgehead atoms. The molecule has 6 nitrogen and oxygen atoms in total. The Bertz CT molecular complexity index is 960. The van der Waals surface area contributed by atoms with Crippen LogP contribution in [0.1, 0.15) is 9.67 Å². The van der Waals surface area contributed by atoms with Crippen LogP contribution >= 0.6 is 11.3 Å². The Hall–Kier alpha value is -3.39. The van der Waals surface area contributed by atoms with Gasteiger partial charge in [-0.2, -0.15) is 0 Å². The van der Waals surface area contributed by atoms with Crippen molar-refractivity contribution in [2.24, 2.45) is 0 Å². The molecule has 27 heavy (non-hydrogen) atoms. The summed E-state index contributed by atoms with van der Waals surface area (Å²) < 4.78 is 18.3. The molecule has 1 aromatic heterocycles. The summed E-state index contributed by atoms with van der Waals surface area (Å²) in [6.45, 7) is 0. The van der Waals surface area contributed by atoms with E-state index in [-0.39, 0.29) is 11.7 Å². The van der Waals surface area contributed by atoms with Gasteiger partial charge in [-0.25, -0.2) is 9.18 Å². The van der Waals surface area contributed by atoms with E-state index >= 15 is 0 Å². The van der Waals surface area contributed by atoms with Crippen molar-refractivity contribution in [3.8, 4) is 5.75 Å². The zero-order valence-corrected chi connectivity index (χ0v) is 15.1. The van der Waals surface area contributed by atoms with E-state index in [1.807, 2.05) is 18.2 Å². The number of thiophene rings is 1. The van der Waals surface area contributed by atoms with Crippen molar-refractivity contribution in [3.63, 3.8) is 0 Å². The average molecular weight is 385 g/mol. The monoisotopic (exact) mass is 385 g/mol. The molecule has 0 aliphatic heterocycles. The van der Waals surface area contributed by atoms with Crippen molar-refractivity contribution in [1.82, 2.24) is 0 Å². The van der Waals surface area contributed by atoms with Gasteiger partial charge in [-0.15, -0.1) is 11.3 Å². The number of para-hydroxylation sites is 1. The highest BCUT2D eigenvalue weighted by atomic mass is 32.1. The molecular weight excluding hydrogens is 369 g/mol. The fourth-order valence-electron chi connectivity index (χ4n) is 2.28. The Morgan fingerprint density at radius 1 is 0.963 bits per heavy atom. The number of rotatable bonds is 5. The summed E-state index contributed by atoms with van der Waals surface area (Å²) in [5.74, 6) is -0.626. The maximum atomic E-state index is 13.2. The summed E-state index contributed by atoms with van der Waals surface area (Å²) in [6.07, 6.45) is 0. The fourth-order valence-corrected chi connectivity index (χ4v) is 3.07. The molecule has 3 rings (SSSR count). The van der Waals surface area contributed by atoms with Gasteiger partial charge in [0.05, 0.1) is 22.7 Å². The topological polar surface area (TPSA) is 79.5 Å². The molecule has 3 N–H and O–H groups in total. The molecule has 138 valence electrons. The largest absolute Gasteiger partial charge is 0.494 e. The van der Waals surface area contributed by atoms with Crippen molar-refractivity contribution < 1.29 is 18.7 Å². The van der Waals surface area contributed by atoms with Gasteiger partial charge < -0.3 is 15.4 Å². The number of carbonyl (C=O) groups is 2. The van der Waals surface area contributed by atoms with E-state index in [1.54, 1.807) is 24.3 Å². The second-order valence-electron chi connectivity index (χ2n) is 5.41. The zero-order chi connectivity index (χ0) is 19.2. The molecule has 0 unspecified atom stereocenters. The number of ether oxygens (including phenoxy) is 1. The van der Waals surface area contributed by atoms with Gasteiger partial charge in [0.15, 0.2) is 0 Å². The van der Waals surface area contributed by atoms with E-state index in [1.165, 1.54) is 25.3 Å². The first-order valence-electron chi connectivity index (χ1n) is 7.93. The van der Waals surface area contributed by atoms with E-state index in [0.29, 0.717) is 21.3 Å². The zero-order valence-electron chi connectivity index (χ0n) is 14.3. The highest BCUT2D eigenvalue weighted by Gasteiger charge is 2.14. The van der Waals surface area contributed by atoms with E-state index in [9.17, 15) is 14.0 Å². The molecule has 0 radical (unpaired) electrons. The number of hydrogen-bond donors (Lipinski definition) is 3. The maximum Gasteiger partial charge on any atom is 0.324 e. The number of amides is 3. The summed E-state index contributed by atoms with van der Waals surface area (Å²) in [7, 11) is 1.39. The molecule has 8 heteroatoms. The lowest BCUT2D eigenvalue weighted by atomic mass is 10.2. The van der Waals surface area contributed by atoms with Crippen molar-refractivity contribution in [2.75, 3.05) is 23.1 Å². The minimum absolute atomic E-state index is 0.223. The van der Waals surface area contributed by atoms with E-state index in [2.05, 4.69) is 16.0 Å². The molecule has 0 saturated carbocycles. The summed E-state index contributed by atoms with van der Waals surface area (Å²) in [5.41, 5.74) is 1.02. The number of hydrogen-bond acceptors (Lipinski definition) is 4. The highest BCUT2D eigenvalue weighted by molar-refractivity contribution is 7.18. The molecule has 0 aliphatic rings.